The number of hydrogen-bond donors (Lipinski definition) is 0. The Labute approximate surface area is 111 Å². The summed E-state index contributed by atoms with van der Waals surface area (Å²) in [7, 11) is -3.61. The van der Waals surface area contributed by atoms with Crippen LogP contribution in [0, 0.1) is 23.7 Å². The lowest BCUT2D eigenvalue weighted by atomic mass is 10.2. The first-order chi connectivity index (χ1) is 8.96. The average Bonchev–Trinajstić information content (AvgIpc) is 2.36. The third-order valence-corrected chi connectivity index (χ3v) is 3.57. The summed E-state index contributed by atoms with van der Waals surface area (Å²) in [6, 6.07) is 8.02. The van der Waals surface area contributed by atoms with Crippen molar-refractivity contribution >= 4 is 15.8 Å². The van der Waals surface area contributed by atoms with E-state index in [1.165, 1.54) is 24.3 Å². The highest BCUT2D eigenvalue weighted by Crippen LogP contribution is 2.08. The number of terminal acetylenes is 1. The largest absolute Gasteiger partial charge is 0.452 e. The predicted molar refractivity (Wildman–Crippen MR) is 68.4 cm³/mol. The molecule has 5 nitrogen and oxygen atoms in total. The molecular weight excluding hydrogens is 266 g/mol. The number of nitrogens with zero attached hydrogens (tertiary/aromatic N) is 1. The van der Waals surface area contributed by atoms with Crippen LogP contribution in [0.1, 0.15) is 11.1 Å². The number of carbonyl (C=O) groups is 1. The SMILES string of the molecule is C#CCOC(=O)CS(=O)(=O)Cc1ccc(C#N)cc1. The second-order valence-electron chi connectivity index (χ2n) is 3.71. The van der Waals surface area contributed by atoms with Crippen LogP contribution in [0.15, 0.2) is 24.3 Å². The lowest BCUT2D eigenvalue weighted by molar-refractivity contribution is -0.139. The van der Waals surface area contributed by atoms with E-state index in [-0.39, 0.29) is 12.4 Å². The zero-order valence-electron chi connectivity index (χ0n) is 10.00. The summed E-state index contributed by atoms with van der Waals surface area (Å²) >= 11 is 0. The minimum atomic E-state index is -3.61. The highest BCUT2D eigenvalue weighted by atomic mass is 32.2. The molecule has 0 radical (unpaired) electrons. The highest BCUT2D eigenvalue weighted by molar-refractivity contribution is 7.91. The standard InChI is InChI=1S/C13H11NO4S/c1-2-7-18-13(15)10-19(16,17)9-12-5-3-11(8-14)4-6-12/h1,3-6H,7,9-10H2. The summed E-state index contributed by atoms with van der Waals surface area (Å²) in [6.45, 7) is -0.245. The van der Waals surface area contributed by atoms with E-state index < -0.39 is 21.6 Å². The van der Waals surface area contributed by atoms with Crippen LogP contribution in [0.5, 0.6) is 0 Å². The van der Waals surface area contributed by atoms with Crippen molar-refractivity contribution in [1.29, 1.82) is 5.26 Å². The van der Waals surface area contributed by atoms with Crippen molar-refractivity contribution in [2.75, 3.05) is 12.4 Å². The molecule has 0 spiro atoms. The maximum atomic E-state index is 11.7. The van der Waals surface area contributed by atoms with E-state index >= 15 is 0 Å². The molecule has 0 aliphatic heterocycles. The molecule has 0 saturated heterocycles. The molecule has 1 rings (SSSR count). The Morgan fingerprint density at radius 1 is 1.32 bits per heavy atom. The molecule has 0 bridgehead atoms. The maximum absolute atomic E-state index is 11.7. The number of nitriles is 1. The number of benzene rings is 1. The third-order valence-electron chi connectivity index (χ3n) is 2.12. The van der Waals surface area contributed by atoms with Crippen molar-refractivity contribution in [2.45, 2.75) is 5.75 Å². The minimum absolute atomic E-state index is 0.245. The van der Waals surface area contributed by atoms with Gasteiger partial charge in [-0.25, -0.2) is 8.42 Å². The molecule has 0 unspecified atom stereocenters. The fraction of sp³-hybridized carbons (Fsp3) is 0.231. The highest BCUT2D eigenvalue weighted by Gasteiger charge is 2.18. The Kier molecular flexibility index (Phi) is 5.11. The molecule has 6 heteroatoms. The smallest absolute Gasteiger partial charge is 0.322 e. The van der Waals surface area contributed by atoms with E-state index in [0.29, 0.717) is 11.1 Å². The lowest BCUT2D eigenvalue weighted by Gasteiger charge is -2.04. The van der Waals surface area contributed by atoms with Gasteiger partial charge < -0.3 is 4.74 Å². The second-order valence-corrected chi connectivity index (χ2v) is 5.77. The first-order valence-corrected chi connectivity index (χ1v) is 7.07. The van der Waals surface area contributed by atoms with Crippen molar-refractivity contribution in [3.8, 4) is 18.4 Å². The average molecular weight is 277 g/mol. The van der Waals surface area contributed by atoms with Crippen LogP contribution in [0.4, 0.5) is 0 Å². The maximum Gasteiger partial charge on any atom is 0.322 e. The summed E-state index contributed by atoms with van der Waals surface area (Å²) in [5, 5.41) is 8.62. The van der Waals surface area contributed by atoms with Crippen LogP contribution < -0.4 is 0 Å². The first-order valence-electron chi connectivity index (χ1n) is 5.25. The van der Waals surface area contributed by atoms with E-state index in [9.17, 15) is 13.2 Å². The zero-order valence-corrected chi connectivity index (χ0v) is 10.8. The summed E-state index contributed by atoms with van der Waals surface area (Å²) in [4.78, 5) is 11.2. The van der Waals surface area contributed by atoms with Crippen molar-refractivity contribution in [3.05, 3.63) is 35.4 Å². The van der Waals surface area contributed by atoms with Crippen LogP contribution in [-0.4, -0.2) is 26.7 Å². The number of rotatable bonds is 5. The molecule has 0 atom stereocenters. The van der Waals surface area contributed by atoms with E-state index in [4.69, 9.17) is 11.7 Å². The Morgan fingerprint density at radius 2 is 1.95 bits per heavy atom. The first kappa shape index (κ1) is 14.7. The monoisotopic (exact) mass is 277 g/mol. The summed E-state index contributed by atoms with van der Waals surface area (Å²) in [5.41, 5.74) is 0.943. The van der Waals surface area contributed by atoms with Gasteiger partial charge in [0, 0.05) is 0 Å². The van der Waals surface area contributed by atoms with E-state index in [2.05, 4.69) is 10.7 Å². The molecule has 98 valence electrons. The van der Waals surface area contributed by atoms with Crippen molar-refractivity contribution in [3.63, 3.8) is 0 Å². The lowest BCUT2D eigenvalue weighted by Crippen LogP contribution is -2.20. The predicted octanol–water partition coefficient (Wildman–Crippen LogP) is 0.649. The summed E-state index contributed by atoms with van der Waals surface area (Å²) in [6.07, 6.45) is 4.89. The molecule has 19 heavy (non-hydrogen) atoms. The number of carbonyl (C=O) groups excluding carboxylic acids is 1. The fourth-order valence-electron chi connectivity index (χ4n) is 1.32. The van der Waals surface area contributed by atoms with Crippen LogP contribution in [0.3, 0.4) is 0 Å². The normalized spacial score (nSPS) is 10.2. The van der Waals surface area contributed by atoms with Gasteiger partial charge in [0.05, 0.1) is 17.4 Å². The molecule has 0 heterocycles. The van der Waals surface area contributed by atoms with Crippen molar-refractivity contribution in [1.82, 2.24) is 0 Å². The van der Waals surface area contributed by atoms with Gasteiger partial charge in [0.25, 0.3) is 0 Å². The van der Waals surface area contributed by atoms with E-state index in [1.54, 1.807) is 0 Å². The Bertz CT molecular complexity index is 633. The van der Waals surface area contributed by atoms with Crippen LogP contribution >= 0.6 is 0 Å². The summed E-state index contributed by atoms with van der Waals surface area (Å²) in [5.74, 6) is 0.208. The van der Waals surface area contributed by atoms with Gasteiger partial charge >= 0.3 is 5.97 Å². The van der Waals surface area contributed by atoms with Crippen molar-refractivity contribution in [2.24, 2.45) is 0 Å². The topological polar surface area (TPSA) is 84.2 Å². The molecule has 0 amide bonds. The second kappa shape index (κ2) is 6.58. The fourth-order valence-corrected chi connectivity index (χ4v) is 2.57. The van der Waals surface area contributed by atoms with Gasteiger partial charge in [-0.3, -0.25) is 4.79 Å². The Morgan fingerprint density at radius 3 is 2.47 bits per heavy atom. The molecule has 0 aliphatic rings. The molecule has 0 aliphatic carbocycles. The number of esters is 1. The summed E-state index contributed by atoms with van der Waals surface area (Å²) < 4.78 is 27.9. The van der Waals surface area contributed by atoms with E-state index in [1.807, 2.05) is 6.07 Å². The molecule has 0 saturated carbocycles. The van der Waals surface area contributed by atoms with Crippen LogP contribution in [0.25, 0.3) is 0 Å². The van der Waals surface area contributed by atoms with Gasteiger partial charge in [0.2, 0.25) is 0 Å². The Hall–Kier alpha value is -2.31. The van der Waals surface area contributed by atoms with Crippen molar-refractivity contribution < 1.29 is 17.9 Å². The van der Waals surface area contributed by atoms with E-state index in [0.717, 1.165) is 0 Å². The molecule has 0 N–H and O–H groups in total. The van der Waals surface area contributed by atoms with Crippen LogP contribution in [0.2, 0.25) is 0 Å². The molecular formula is C13H11NO4S. The molecule has 0 aromatic heterocycles. The van der Waals surface area contributed by atoms with Gasteiger partial charge in [-0.1, -0.05) is 18.1 Å². The molecule has 1 aromatic carbocycles. The van der Waals surface area contributed by atoms with Gasteiger partial charge in [0.15, 0.2) is 16.4 Å². The third kappa shape index (κ3) is 5.24. The number of ether oxygens (including phenoxy) is 1. The zero-order chi connectivity index (χ0) is 14.3. The van der Waals surface area contributed by atoms with Gasteiger partial charge in [0.1, 0.15) is 5.75 Å². The van der Waals surface area contributed by atoms with Crippen LogP contribution in [-0.2, 0) is 25.1 Å². The molecule has 0 fully saturated rings. The van der Waals surface area contributed by atoms with Gasteiger partial charge in [-0.05, 0) is 17.7 Å². The quantitative estimate of drug-likeness (QED) is 0.583. The Balaban J connectivity index is 2.66. The minimum Gasteiger partial charge on any atom is -0.452 e. The number of hydrogen-bond acceptors (Lipinski definition) is 5. The number of sulfone groups is 1. The van der Waals surface area contributed by atoms with Gasteiger partial charge in [-0.2, -0.15) is 5.26 Å². The molecule has 1 aromatic rings. The van der Waals surface area contributed by atoms with Gasteiger partial charge in [-0.15, -0.1) is 6.42 Å².